The fourth-order valence-corrected chi connectivity index (χ4v) is 1.75. The third-order valence-electron chi connectivity index (χ3n) is 2.81. The molecule has 0 aliphatic rings. The van der Waals surface area contributed by atoms with Gasteiger partial charge in [0.2, 0.25) is 11.7 Å². The maximum absolute atomic E-state index is 10.8. The summed E-state index contributed by atoms with van der Waals surface area (Å²) in [5.74, 6) is 0.924. The number of carboxylic acid groups (broad SMARTS) is 1. The molecule has 2 aromatic heterocycles. The second-order valence-corrected chi connectivity index (χ2v) is 4.38. The van der Waals surface area contributed by atoms with E-state index >= 15 is 0 Å². The van der Waals surface area contributed by atoms with Crippen LogP contribution in [0.25, 0.3) is 0 Å². The zero-order valence-corrected chi connectivity index (χ0v) is 11.1. The number of hydrogen-bond acceptors (Lipinski definition) is 5. The van der Waals surface area contributed by atoms with Crippen molar-refractivity contribution < 1.29 is 18.7 Å². The van der Waals surface area contributed by atoms with Gasteiger partial charge in [0, 0.05) is 5.56 Å². The molecule has 0 fully saturated rings. The van der Waals surface area contributed by atoms with Crippen LogP contribution in [0.1, 0.15) is 39.2 Å². The smallest absolute Gasteiger partial charge is 0.372 e. The lowest BCUT2D eigenvalue weighted by Crippen LogP contribution is -2.12. The van der Waals surface area contributed by atoms with E-state index in [1.807, 2.05) is 13.8 Å². The fraction of sp³-hybridized carbons (Fsp3) is 0.385. The highest BCUT2D eigenvalue weighted by molar-refractivity contribution is 5.86. The van der Waals surface area contributed by atoms with Crippen molar-refractivity contribution >= 4 is 5.97 Å². The van der Waals surface area contributed by atoms with Gasteiger partial charge in [-0.15, -0.1) is 0 Å². The maximum Gasteiger partial charge on any atom is 0.372 e. The Morgan fingerprint density at radius 3 is 2.58 bits per heavy atom. The average molecular weight is 264 g/mol. The number of nitrogens with one attached hydrogen (secondary N) is 1. The van der Waals surface area contributed by atoms with Crippen molar-refractivity contribution in [2.45, 2.75) is 33.9 Å². The van der Waals surface area contributed by atoms with Crippen LogP contribution >= 0.6 is 0 Å². The van der Waals surface area contributed by atoms with E-state index in [-0.39, 0.29) is 5.76 Å². The molecule has 0 aliphatic heterocycles. The van der Waals surface area contributed by atoms with E-state index in [2.05, 4.69) is 10.3 Å². The molecule has 6 heteroatoms. The summed E-state index contributed by atoms with van der Waals surface area (Å²) in [4.78, 5) is 15.1. The molecule has 2 heterocycles. The first-order valence-electron chi connectivity index (χ1n) is 5.93. The highest BCUT2D eigenvalue weighted by Crippen LogP contribution is 2.14. The molecule has 0 amide bonds. The van der Waals surface area contributed by atoms with Gasteiger partial charge >= 0.3 is 5.97 Å². The summed E-state index contributed by atoms with van der Waals surface area (Å²) in [5.41, 5.74) is 1.49. The molecule has 19 heavy (non-hydrogen) atoms. The third-order valence-corrected chi connectivity index (χ3v) is 2.81. The number of hydrogen-bond donors (Lipinski definition) is 2. The lowest BCUT2D eigenvalue weighted by molar-refractivity contribution is 0.0659. The molecule has 2 rings (SSSR count). The summed E-state index contributed by atoms with van der Waals surface area (Å²) in [6, 6.07) is 1.71. The summed E-state index contributed by atoms with van der Waals surface area (Å²) in [6.07, 6.45) is 0. The number of carboxylic acids is 1. The number of rotatable bonds is 5. The molecule has 0 aliphatic carbocycles. The van der Waals surface area contributed by atoms with E-state index in [0.29, 0.717) is 30.3 Å². The van der Waals surface area contributed by atoms with Gasteiger partial charge < -0.3 is 19.3 Å². The number of furan rings is 1. The van der Waals surface area contributed by atoms with E-state index in [4.69, 9.17) is 13.9 Å². The van der Waals surface area contributed by atoms with Crippen molar-refractivity contribution in [3.05, 3.63) is 40.5 Å². The van der Waals surface area contributed by atoms with Crippen LogP contribution in [0.5, 0.6) is 0 Å². The first-order chi connectivity index (χ1) is 8.97. The van der Waals surface area contributed by atoms with Gasteiger partial charge in [0.15, 0.2) is 0 Å². The van der Waals surface area contributed by atoms with Gasteiger partial charge in [0.1, 0.15) is 11.5 Å². The summed E-state index contributed by atoms with van der Waals surface area (Å²) < 4.78 is 10.7. The molecule has 0 spiro atoms. The topological polar surface area (TPSA) is 88.5 Å². The average Bonchev–Trinajstić information content (AvgIpc) is 2.83. The molecule has 0 radical (unpaired) electrons. The Balaban J connectivity index is 1.92. The van der Waals surface area contributed by atoms with Crippen molar-refractivity contribution in [1.82, 2.24) is 10.3 Å². The minimum atomic E-state index is -1.05. The molecule has 2 aromatic rings. The normalized spacial score (nSPS) is 10.9. The lowest BCUT2D eigenvalue weighted by Gasteiger charge is -1.98. The van der Waals surface area contributed by atoms with Gasteiger partial charge in [0.25, 0.3) is 0 Å². The molecular weight excluding hydrogens is 248 g/mol. The lowest BCUT2D eigenvalue weighted by atomic mass is 10.2. The molecule has 0 atom stereocenters. The molecule has 0 saturated heterocycles. The van der Waals surface area contributed by atoms with Gasteiger partial charge in [0.05, 0.1) is 18.8 Å². The van der Waals surface area contributed by atoms with Crippen molar-refractivity contribution in [2.75, 3.05) is 0 Å². The number of nitrogens with zero attached hydrogens (tertiary/aromatic N) is 1. The Morgan fingerprint density at radius 1 is 1.32 bits per heavy atom. The summed E-state index contributed by atoms with van der Waals surface area (Å²) in [7, 11) is 0. The van der Waals surface area contributed by atoms with Gasteiger partial charge in [-0.3, -0.25) is 0 Å². The Hall–Kier alpha value is -2.08. The SMILES string of the molecule is Cc1cc(CNCc2nc(C)c(C)o2)oc1C(=O)O. The van der Waals surface area contributed by atoms with E-state index in [1.54, 1.807) is 13.0 Å². The van der Waals surface area contributed by atoms with Crippen LogP contribution in [0.15, 0.2) is 14.9 Å². The molecule has 2 N–H and O–H groups in total. The molecular formula is C13H16N2O4. The largest absolute Gasteiger partial charge is 0.475 e. The second-order valence-electron chi connectivity index (χ2n) is 4.38. The zero-order chi connectivity index (χ0) is 14.0. The van der Waals surface area contributed by atoms with Gasteiger partial charge in [-0.05, 0) is 26.8 Å². The van der Waals surface area contributed by atoms with Crippen molar-refractivity contribution in [3.8, 4) is 0 Å². The van der Waals surface area contributed by atoms with Gasteiger partial charge in [-0.1, -0.05) is 0 Å². The van der Waals surface area contributed by atoms with E-state index < -0.39 is 5.97 Å². The quantitative estimate of drug-likeness (QED) is 0.860. The molecule has 6 nitrogen and oxygen atoms in total. The van der Waals surface area contributed by atoms with Crippen molar-refractivity contribution in [2.24, 2.45) is 0 Å². The molecule has 0 aromatic carbocycles. The molecule has 102 valence electrons. The number of carbonyl (C=O) groups is 1. The van der Waals surface area contributed by atoms with Crippen LogP contribution in [0, 0.1) is 20.8 Å². The van der Waals surface area contributed by atoms with Crippen molar-refractivity contribution in [3.63, 3.8) is 0 Å². The standard InChI is InChI=1S/C13H16N2O4/c1-7-4-10(19-12(7)13(16)17)5-14-6-11-15-8(2)9(3)18-11/h4,14H,5-6H2,1-3H3,(H,16,17). The highest BCUT2D eigenvalue weighted by Gasteiger charge is 2.14. The Kier molecular flexibility index (Phi) is 3.71. The minimum Gasteiger partial charge on any atom is -0.475 e. The summed E-state index contributed by atoms with van der Waals surface area (Å²) in [6.45, 7) is 6.35. The highest BCUT2D eigenvalue weighted by atomic mass is 16.4. The Labute approximate surface area is 110 Å². The Bertz CT molecular complexity index is 578. The predicted octanol–water partition coefficient (Wildman–Crippen LogP) is 2.18. The van der Waals surface area contributed by atoms with Crippen LogP contribution in [0.3, 0.4) is 0 Å². The van der Waals surface area contributed by atoms with E-state index in [1.165, 1.54) is 0 Å². The second kappa shape index (κ2) is 5.27. The summed E-state index contributed by atoms with van der Waals surface area (Å²) >= 11 is 0. The maximum atomic E-state index is 10.8. The summed E-state index contributed by atoms with van der Waals surface area (Å²) in [5, 5.41) is 12.0. The third kappa shape index (κ3) is 3.03. The first kappa shape index (κ1) is 13.4. The number of oxazole rings is 1. The first-order valence-corrected chi connectivity index (χ1v) is 5.93. The van der Waals surface area contributed by atoms with Crippen molar-refractivity contribution in [1.29, 1.82) is 0 Å². The zero-order valence-electron chi connectivity index (χ0n) is 11.1. The Morgan fingerprint density at radius 2 is 2.05 bits per heavy atom. The fourth-order valence-electron chi connectivity index (χ4n) is 1.75. The van der Waals surface area contributed by atoms with Gasteiger partial charge in [-0.2, -0.15) is 0 Å². The van der Waals surface area contributed by atoms with Crippen LogP contribution in [-0.4, -0.2) is 16.1 Å². The van der Waals surface area contributed by atoms with E-state index in [0.717, 1.165) is 11.5 Å². The molecule has 0 bridgehead atoms. The van der Waals surface area contributed by atoms with Crippen LogP contribution in [0.4, 0.5) is 0 Å². The molecule has 0 unspecified atom stereocenters. The van der Waals surface area contributed by atoms with Crippen LogP contribution in [0.2, 0.25) is 0 Å². The predicted molar refractivity (Wildman–Crippen MR) is 66.9 cm³/mol. The van der Waals surface area contributed by atoms with Gasteiger partial charge in [-0.25, -0.2) is 9.78 Å². The van der Waals surface area contributed by atoms with E-state index in [9.17, 15) is 4.79 Å². The van der Waals surface area contributed by atoms with Crippen LogP contribution < -0.4 is 5.32 Å². The molecule has 0 saturated carbocycles. The number of aromatic nitrogens is 1. The number of aryl methyl sites for hydroxylation is 3. The number of aromatic carboxylic acids is 1. The van der Waals surface area contributed by atoms with Crippen LogP contribution in [-0.2, 0) is 13.1 Å². The monoisotopic (exact) mass is 264 g/mol. The minimum absolute atomic E-state index is 0.0142.